The van der Waals surface area contributed by atoms with Gasteiger partial charge in [0.05, 0.1) is 0 Å². The molecule has 0 radical (unpaired) electrons. The fraction of sp³-hybridized carbons (Fsp3) is 0.417. The summed E-state index contributed by atoms with van der Waals surface area (Å²) < 4.78 is 0. The second-order valence-electron chi connectivity index (χ2n) is 3.64. The van der Waals surface area contributed by atoms with Crippen molar-refractivity contribution < 1.29 is 4.79 Å². The third kappa shape index (κ3) is 3.62. The van der Waals surface area contributed by atoms with E-state index in [1.165, 1.54) is 0 Å². The lowest BCUT2D eigenvalue weighted by Crippen LogP contribution is -2.22. The van der Waals surface area contributed by atoms with Gasteiger partial charge in [-0.25, -0.2) is 0 Å². The number of rotatable bonds is 4. The van der Waals surface area contributed by atoms with E-state index in [4.69, 9.17) is 5.73 Å². The number of hydrogen-bond acceptors (Lipinski definition) is 2. The van der Waals surface area contributed by atoms with Crippen LogP contribution in [0.25, 0.3) is 0 Å². The molecule has 82 valence electrons. The van der Waals surface area contributed by atoms with Crippen LogP contribution in [0.15, 0.2) is 18.2 Å². The van der Waals surface area contributed by atoms with Gasteiger partial charge in [0.25, 0.3) is 0 Å². The molecule has 1 amide bonds. The number of aryl methyl sites for hydroxylation is 2. The first-order chi connectivity index (χ1) is 7.13. The first-order valence-corrected chi connectivity index (χ1v) is 5.25. The highest BCUT2D eigenvalue weighted by molar-refractivity contribution is 5.76. The van der Waals surface area contributed by atoms with Gasteiger partial charge >= 0.3 is 0 Å². The fourth-order valence-corrected chi connectivity index (χ4v) is 1.39. The summed E-state index contributed by atoms with van der Waals surface area (Å²) in [6.07, 6.45) is 1.27. The molecule has 0 aromatic heterocycles. The number of nitrogen functional groups attached to an aromatic ring is 1. The van der Waals surface area contributed by atoms with Gasteiger partial charge in [-0.2, -0.15) is 0 Å². The van der Waals surface area contributed by atoms with Crippen molar-refractivity contribution in [1.29, 1.82) is 0 Å². The van der Waals surface area contributed by atoms with E-state index in [0.29, 0.717) is 13.0 Å². The lowest BCUT2D eigenvalue weighted by molar-refractivity contribution is -0.120. The summed E-state index contributed by atoms with van der Waals surface area (Å²) in [4.78, 5) is 11.2. The molecule has 0 aliphatic carbocycles. The molecule has 1 aromatic carbocycles. The van der Waals surface area contributed by atoms with E-state index in [0.717, 1.165) is 23.2 Å². The van der Waals surface area contributed by atoms with Gasteiger partial charge in [0.15, 0.2) is 0 Å². The zero-order valence-electron chi connectivity index (χ0n) is 9.34. The fourth-order valence-electron chi connectivity index (χ4n) is 1.39. The summed E-state index contributed by atoms with van der Waals surface area (Å²) >= 11 is 0. The molecule has 3 heteroatoms. The van der Waals surface area contributed by atoms with Gasteiger partial charge in [-0.1, -0.05) is 12.1 Å². The summed E-state index contributed by atoms with van der Waals surface area (Å²) in [5, 5.41) is 2.77. The van der Waals surface area contributed by atoms with E-state index in [1.54, 1.807) is 0 Å². The number of hydrogen-bond donors (Lipinski definition) is 2. The molecule has 0 bridgehead atoms. The van der Waals surface area contributed by atoms with Crippen LogP contribution in [0.2, 0.25) is 0 Å². The first-order valence-electron chi connectivity index (χ1n) is 5.25. The van der Waals surface area contributed by atoms with E-state index in [-0.39, 0.29) is 5.91 Å². The molecule has 0 unspecified atom stereocenters. The topological polar surface area (TPSA) is 55.1 Å². The van der Waals surface area contributed by atoms with Gasteiger partial charge in [-0.3, -0.25) is 4.79 Å². The van der Waals surface area contributed by atoms with Gasteiger partial charge in [0, 0.05) is 18.7 Å². The molecule has 1 aromatic rings. The number of benzene rings is 1. The van der Waals surface area contributed by atoms with Crippen LogP contribution < -0.4 is 11.1 Å². The summed E-state index contributed by atoms with van der Waals surface area (Å²) in [7, 11) is 0. The molecule has 0 heterocycles. The Morgan fingerprint density at radius 3 is 2.80 bits per heavy atom. The molecule has 0 atom stereocenters. The normalized spacial score (nSPS) is 10.0. The number of carbonyl (C=O) groups is 1. The molecule has 1 rings (SSSR count). The number of anilines is 1. The van der Waals surface area contributed by atoms with Gasteiger partial charge in [0.2, 0.25) is 5.91 Å². The Bertz CT molecular complexity index is 347. The van der Waals surface area contributed by atoms with Crippen LogP contribution in [0.4, 0.5) is 5.69 Å². The smallest absolute Gasteiger partial charge is 0.220 e. The maximum atomic E-state index is 11.2. The molecular formula is C12H18N2O. The van der Waals surface area contributed by atoms with Crippen LogP contribution >= 0.6 is 0 Å². The maximum Gasteiger partial charge on any atom is 0.220 e. The van der Waals surface area contributed by atoms with E-state index in [1.807, 2.05) is 32.0 Å². The van der Waals surface area contributed by atoms with Gasteiger partial charge in [-0.15, -0.1) is 0 Å². The zero-order valence-corrected chi connectivity index (χ0v) is 9.34. The minimum Gasteiger partial charge on any atom is -0.399 e. The summed E-state index contributed by atoms with van der Waals surface area (Å²) in [6.45, 7) is 4.58. The summed E-state index contributed by atoms with van der Waals surface area (Å²) in [6, 6.07) is 5.95. The van der Waals surface area contributed by atoms with Gasteiger partial charge in [-0.05, 0) is 37.5 Å². The van der Waals surface area contributed by atoms with Crippen LogP contribution in [-0.4, -0.2) is 12.5 Å². The van der Waals surface area contributed by atoms with Crippen molar-refractivity contribution in [2.75, 3.05) is 12.3 Å². The molecule has 0 saturated carbocycles. The van der Waals surface area contributed by atoms with Crippen molar-refractivity contribution in [3.63, 3.8) is 0 Å². The zero-order chi connectivity index (χ0) is 11.3. The molecule has 0 spiro atoms. The number of carbonyl (C=O) groups excluding carboxylic acids is 1. The second-order valence-corrected chi connectivity index (χ2v) is 3.64. The van der Waals surface area contributed by atoms with Crippen LogP contribution in [0, 0.1) is 6.92 Å². The van der Waals surface area contributed by atoms with Crippen molar-refractivity contribution >= 4 is 11.6 Å². The SMILES string of the molecule is CCNC(=O)CCc1ccc(C)c(N)c1. The van der Waals surface area contributed by atoms with Crippen molar-refractivity contribution in [3.05, 3.63) is 29.3 Å². The average Bonchev–Trinajstić information content (AvgIpc) is 2.20. The molecule has 15 heavy (non-hydrogen) atoms. The van der Waals surface area contributed by atoms with Gasteiger partial charge in [0.1, 0.15) is 0 Å². The summed E-state index contributed by atoms with van der Waals surface area (Å²) in [5.41, 5.74) is 8.78. The largest absolute Gasteiger partial charge is 0.399 e. The minimum atomic E-state index is 0.0941. The first kappa shape index (κ1) is 11.6. The quantitative estimate of drug-likeness (QED) is 0.736. The van der Waals surface area contributed by atoms with Crippen molar-refractivity contribution in [2.45, 2.75) is 26.7 Å². The molecule has 0 fully saturated rings. The van der Waals surface area contributed by atoms with E-state index >= 15 is 0 Å². The highest BCUT2D eigenvalue weighted by Gasteiger charge is 2.01. The standard InChI is InChI=1S/C12H18N2O/c1-3-14-12(15)7-6-10-5-4-9(2)11(13)8-10/h4-5,8H,3,6-7,13H2,1-2H3,(H,14,15). The number of amides is 1. The molecular weight excluding hydrogens is 188 g/mol. The van der Waals surface area contributed by atoms with Crippen molar-refractivity contribution in [3.8, 4) is 0 Å². The van der Waals surface area contributed by atoms with E-state index in [9.17, 15) is 4.79 Å². The third-order valence-corrected chi connectivity index (χ3v) is 2.36. The van der Waals surface area contributed by atoms with Crippen molar-refractivity contribution in [1.82, 2.24) is 5.32 Å². The number of nitrogens with two attached hydrogens (primary N) is 1. The van der Waals surface area contributed by atoms with Gasteiger partial charge < -0.3 is 11.1 Å². The van der Waals surface area contributed by atoms with Crippen LogP contribution in [0.3, 0.4) is 0 Å². The molecule has 0 saturated heterocycles. The molecule has 3 nitrogen and oxygen atoms in total. The third-order valence-electron chi connectivity index (χ3n) is 2.36. The molecule has 0 aliphatic heterocycles. The minimum absolute atomic E-state index is 0.0941. The Kier molecular flexibility index (Phi) is 4.16. The van der Waals surface area contributed by atoms with Crippen LogP contribution in [-0.2, 0) is 11.2 Å². The Labute approximate surface area is 90.7 Å². The average molecular weight is 206 g/mol. The Balaban J connectivity index is 2.51. The highest BCUT2D eigenvalue weighted by Crippen LogP contribution is 2.13. The molecule has 0 aliphatic rings. The Morgan fingerprint density at radius 1 is 1.47 bits per heavy atom. The van der Waals surface area contributed by atoms with Crippen LogP contribution in [0.1, 0.15) is 24.5 Å². The Hall–Kier alpha value is -1.51. The van der Waals surface area contributed by atoms with Crippen molar-refractivity contribution in [2.24, 2.45) is 0 Å². The Morgan fingerprint density at radius 2 is 2.20 bits per heavy atom. The van der Waals surface area contributed by atoms with Crippen LogP contribution in [0.5, 0.6) is 0 Å². The van der Waals surface area contributed by atoms with E-state index in [2.05, 4.69) is 5.32 Å². The lowest BCUT2D eigenvalue weighted by Gasteiger charge is -2.05. The van der Waals surface area contributed by atoms with E-state index < -0.39 is 0 Å². The highest BCUT2D eigenvalue weighted by atomic mass is 16.1. The maximum absolute atomic E-state index is 11.2. The lowest BCUT2D eigenvalue weighted by atomic mass is 10.1. The second kappa shape index (κ2) is 5.39. The monoisotopic (exact) mass is 206 g/mol. The molecule has 3 N–H and O–H groups in total. The predicted molar refractivity (Wildman–Crippen MR) is 62.6 cm³/mol. The number of nitrogens with one attached hydrogen (secondary N) is 1. The predicted octanol–water partition coefficient (Wildman–Crippen LogP) is 1.65. The summed E-state index contributed by atoms with van der Waals surface area (Å²) in [5.74, 6) is 0.0941.